The average Bonchev–Trinajstić information content (AvgIpc) is 2.34. The van der Waals surface area contributed by atoms with Crippen LogP contribution in [0.3, 0.4) is 0 Å². The molecule has 0 bridgehead atoms. The number of hydrogen-bond donors (Lipinski definition) is 1. The Kier molecular flexibility index (Phi) is 5.53. The third-order valence-electron chi connectivity index (χ3n) is 2.84. The lowest BCUT2D eigenvalue weighted by Crippen LogP contribution is -2.05. The Bertz CT molecular complexity index is 374. The van der Waals surface area contributed by atoms with E-state index in [0.717, 1.165) is 12.8 Å². The highest BCUT2D eigenvalue weighted by molar-refractivity contribution is 6.01. The van der Waals surface area contributed by atoms with E-state index in [1.807, 2.05) is 0 Å². The van der Waals surface area contributed by atoms with Crippen molar-refractivity contribution in [1.82, 2.24) is 0 Å². The van der Waals surface area contributed by atoms with Crippen molar-refractivity contribution in [3.8, 4) is 5.75 Å². The summed E-state index contributed by atoms with van der Waals surface area (Å²) in [4.78, 5) is 12.0. The molecule has 0 fully saturated rings. The molecule has 2 N–H and O–H groups in total. The van der Waals surface area contributed by atoms with Crippen LogP contribution in [0, 0.1) is 0 Å². The molecule has 1 aromatic carbocycles. The minimum Gasteiger partial charge on any atom is -0.495 e. The van der Waals surface area contributed by atoms with Crippen LogP contribution in [0.5, 0.6) is 5.75 Å². The van der Waals surface area contributed by atoms with Crippen molar-refractivity contribution in [3.05, 3.63) is 23.8 Å². The standard InChI is InChI=1S/C14H21NO2/c1-3-4-5-6-9-12(16)11-8-7-10-13(17-2)14(11)15/h7-8,10H,3-6,9,15H2,1-2H3. The Morgan fingerprint density at radius 2 is 2.06 bits per heavy atom. The number of ketones is 1. The first kappa shape index (κ1) is 13.6. The summed E-state index contributed by atoms with van der Waals surface area (Å²) in [6, 6.07) is 5.33. The van der Waals surface area contributed by atoms with Gasteiger partial charge in [-0.2, -0.15) is 0 Å². The number of carbonyl (C=O) groups excluding carboxylic acids is 1. The number of hydrogen-bond acceptors (Lipinski definition) is 3. The Labute approximate surface area is 103 Å². The minimum absolute atomic E-state index is 0.109. The van der Waals surface area contributed by atoms with Gasteiger partial charge in [-0.25, -0.2) is 0 Å². The second kappa shape index (κ2) is 6.94. The van der Waals surface area contributed by atoms with Gasteiger partial charge in [0.25, 0.3) is 0 Å². The fourth-order valence-electron chi connectivity index (χ4n) is 1.81. The molecule has 0 amide bonds. The number of Topliss-reactive ketones (excluding diaryl/α,β-unsaturated/α-hetero) is 1. The number of unbranched alkanes of at least 4 members (excludes halogenated alkanes) is 3. The predicted molar refractivity (Wildman–Crippen MR) is 70.5 cm³/mol. The summed E-state index contributed by atoms with van der Waals surface area (Å²) in [7, 11) is 1.56. The molecule has 0 atom stereocenters. The Hall–Kier alpha value is -1.51. The summed E-state index contributed by atoms with van der Waals surface area (Å²) in [5.41, 5.74) is 6.92. The van der Waals surface area contributed by atoms with Gasteiger partial charge in [0.15, 0.2) is 5.78 Å². The lowest BCUT2D eigenvalue weighted by molar-refractivity contribution is 0.0979. The van der Waals surface area contributed by atoms with Crippen LogP contribution in [0.25, 0.3) is 0 Å². The molecular weight excluding hydrogens is 214 g/mol. The lowest BCUT2D eigenvalue weighted by atomic mass is 10.0. The Balaban J connectivity index is 2.62. The second-order valence-electron chi connectivity index (χ2n) is 4.16. The van der Waals surface area contributed by atoms with Gasteiger partial charge in [-0.05, 0) is 18.6 Å². The molecule has 3 nitrogen and oxygen atoms in total. The quantitative estimate of drug-likeness (QED) is 0.447. The number of ether oxygens (including phenoxy) is 1. The van der Waals surface area contributed by atoms with Crippen molar-refractivity contribution in [1.29, 1.82) is 0 Å². The third kappa shape index (κ3) is 3.77. The van der Waals surface area contributed by atoms with Crippen LogP contribution < -0.4 is 10.5 Å². The summed E-state index contributed by atoms with van der Waals surface area (Å²) < 4.78 is 5.10. The lowest BCUT2D eigenvalue weighted by Gasteiger charge is -2.08. The zero-order valence-electron chi connectivity index (χ0n) is 10.7. The number of carbonyl (C=O) groups is 1. The SMILES string of the molecule is CCCCCCC(=O)c1cccc(OC)c1N. The van der Waals surface area contributed by atoms with E-state index in [2.05, 4.69) is 6.92 Å². The maximum Gasteiger partial charge on any atom is 0.165 e. The molecule has 0 spiro atoms. The molecule has 0 aliphatic heterocycles. The third-order valence-corrected chi connectivity index (χ3v) is 2.84. The number of methoxy groups -OCH3 is 1. The van der Waals surface area contributed by atoms with Gasteiger partial charge in [0.2, 0.25) is 0 Å². The van der Waals surface area contributed by atoms with Gasteiger partial charge >= 0.3 is 0 Å². The molecule has 1 rings (SSSR count). The largest absolute Gasteiger partial charge is 0.495 e. The van der Waals surface area contributed by atoms with E-state index in [1.54, 1.807) is 25.3 Å². The maximum atomic E-state index is 12.0. The van der Waals surface area contributed by atoms with E-state index in [4.69, 9.17) is 10.5 Å². The zero-order valence-corrected chi connectivity index (χ0v) is 10.7. The van der Waals surface area contributed by atoms with Gasteiger partial charge in [-0.1, -0.05) is 32.3 Å². The first-order valence-corrected chi connectivity index (χ1v) is 6.16. The van der Waals surface area contributed by atoms with Gasteiger partial charge < -0.3 is 10.5 Å². The molecule has 0 aromatic heterocycles. The molecule has 0 radical (unpaired) electrons. The smallest absolute Gasteiger partial charge is 0.165 e. The predicted octanol–water partition coefficient (Wildman–Crippen LogP) is 3.43. The van der Waals surface area contributed by atoms with E-state index >= 15 is 0 Å². The van der Waals surface area contributed by atoms with Crippen molar-refractivity contribution >= 4 is 11.5 Å². The average molecular weight is 235 g/mol. The number of nitrogens with two attached hydrogens (primary N) is 1. The van der Waals surface area contributed by atoms with Gasteiger partial charge in [0, 0.05) is 12.0 Å². The molecular formula is C14H21NO2. The fourth-order valence-corrected chi connectivity index (χ4v) is 1.81. The molecule has 94 valence electrons. The summed E-state index contributed by atoms with van der Waals surface area (Å²) in [5, 5.41) is 0. The van der Waals surface area contributed by atoms with Crippen LogP contribution in [0.2, 0.25) is 0 Å². The summed E-state index contributed by atoms with van der Waals surface area (Å²) >= 11 is 0. The normalized spacial score (nSPS) is 10.2. The molecule has 17 heavy (non-hydrogen) atoms. The number of anilines is 1. The van der Waals surface area contributed by atoms with Crippen LogP contribution >= 0.6 is 0 Å². The molecule has 3 heteroatoms. The van der Waals surface area contributed by atoms with Crippen LogP contribution in [0.15, 0.2) is 18.2 Å². The highest BCUT2D eigenvalue weighted by Gasteiger charge is 2.12. The Morgan fingerprint density at radius 1 is 1.29 bits per heavy atom. The molecule has 0 unspecified atom stereocenters. The first-order valence-electron chi connectivity index (χ1n) is 6.16. The number of nitrogen functional groups attached to an aromatic ring is 1. The second-order valence-corrected chi connectivity index (χ2v) is 4.16. The molecule has 0 heterocycles. The van der Waals surface area contributed by atoms with Crippen molar-refractivity contribution in [2.75, 3.05) is 12.8 Å². The summed E-state index contributed by atoms with van der Waals surface area (Å²) in [6.07, 6.45) is 4.96. The van der Waals surface area contributed by atoms with Crippen LogP contribution in [0.4, 0.5) is 5.69 Å². The minimum atomic E-state index is 0.109. The van der Waals surface area contributed by atoms with E-state index < -0.39 is 0 Å². The number of rotatable bonds is 7. The highest BCUT2D eigenvalue weighted by atomic mass is 16.5. The van der Waals surface area contributed by atoms with Crippen molar-refractivity contribution in [2.45, 2.75) is 39.0 Å². The van der Waals surface area contributed by atoms with E-state index in [9.17, 15) is 4.79 Å². The van der Waals surface area contributed by atoms with Crippen molar-refractivity contribution in [3.63, 3.8) is 0 Å². The summed E-state index contributed by atoms with van der Waals surface area (Å²) in [5.74, 6) is 0.682. The van der Waals surface area contributed by atoms with Gasteiger partial charge in [0.05, 0.1) is 12.8 Å². The highest BCUT2D eigenvalue weighted by Crippen LogP contribution is 2.26. The van der Waals surface area contributed by atoms with Crippen molar-refractivity contribution < 1.29 is 9.53 Å². The summed E-state index contributed by atoms with van der Waals surface area (Å²) in [6.45, 7) is 2.15. The van der Waals surface area contributed by atoms with E-state index in [0.29, 0.717) is 23.4 Å². The van der Waals surface area contributed by atoms with E-state index in [-0.39, 0.29) is 5.78 Å². The van der Waals surface area contributed by atoms with E-state index in [1.165, 1.54) is 12.8 Å². The fraction of sp³-hybridized carbons (Fsp3) is 0.500. The number of para-hydroxylation sites is 1. The van der Waals surface area contributed by atoms with Crippen LogP contribution in [-0.2, 0) is 0 Å². The van der Waals surface area contributed by atoms with Gasteiger partial charge in [-0.15, -0.1) is 0 Å². The molecule has 0 saturated carbocycles. The molecule has 0 aliphatic carbocycles. The zero-order chi connectivity index (χ0) is 12.7. The first-order chi connectivity index (χ1) is 8.20. The Morgan fingerprint density at radius 3 is 2.71 bits per heavy atom. The number of benzene rings is 1. The van der Waals surface area contributed by atoms with Crippen LogP contribution in [-0.4, -0.2) is 12.9 Å². The monoisotopic (exact) mass is 235 g/mol. The van der Waals surface area contributed by atoms with Crippen molar-refractivity contribution in [2.24, 2.45) is 0 Å². The molecule has 0 saturated heterocycles. The van der Waals surface area contributed by atoms with Gasteiger partial charge in [-0.3, -0.25) is 4.79 Å². The van der Waals surface area contributed by atoms with Gasteiger partial charge in [0.1, 0.15) is 5.75 Å². The molecule has 0 aliphatic rings. The topological polar surface area (TPSA) is 52.3 Å². The maximum absolute atomic E-state index is 12.0. The molecule has 1 aromatic rings. The van der Waals surface area contributed by atoms with Crippen LogP contribution in [0.1, 0.15) is 49.4 Å².